The van der Waals surface area contributed by atoms with Gasteiger partial charge in [-0.2, -0.15) is 4.98 Å². The summed E-state index contributed by atoms with van der Waals surface area (Å²) in [6.07, 6.45) is 0. The summed E-state index contributed by atoms with van der Waals surface area (Å²) in [5.74, 6) is 1.26. The maximum Gasteiger partial charge on any atom is 0.223 e. The molecule has 1 N–H and O–H groups in total. The molecule has 6 heteroatoms. The van der Waals surface area contributed by atoms with Crippen LogP contribution in [-0.4, -0.2) is 10.1 Å². The van der Waals surface area contributed by atoms with Gasteiger partial charge < -0.3 is 9.84 Å². The van der Waals surface area contributed by atoms with E-state index in [4.69, 9.17) is 16.1 Å². The van der Waals surface area contributed by atoms with Gasteiger partial charge in [0.25, 0.3) is 0 Å². The molecule has 0 radical (unpaired) electrons. The van der Waals surface area contributed by atoms with Crippen molar-refractivity contribution < 1.29 is 4.52 Å². The van der Waals surface area contributed by atoms with Crippen molar-refractivity contribution in [2.24, 2.45) is 0 Å². The molecule has 0 unspecified atom stereocenters. The van der Waals surface area contributed by atoms with Gasteiger partial charge in [0.1, 0.15) is 0 Å². The Balaban J connectivity index is 1.80. The Labute approximate surface area is 96.3 Å². The van der Waals surface area contributed by atoms with E-state index in [-0.39, 0.29) is 0 Å². The minimum atomic E-state index is 0.589. The summed E-state index contributed by atoms with van der Waals surface area (Å²) in [5.41, 5.74) is 0. The molecule has 0 saturated heterocycles. The molecule has 0 spiro atoms. The third-order valence-electron chi connectivity index (χ3n) is 1.78. The second kappa shape index (κ2) is 4.74. The zero-order chi connectivity index (χ0) is 10.7. The molecule has 4 nitrogen and oxygen atoms in total. The van der Waals surface area contributed by atoms with E-state index in [1.807, 2.05) is 12.1 Å². The van der Waals surface area contributed by atoms with Crippen LogP contribution < -0.4 is 5.32 Å². The first kappa shape index (κ1) is 10.6. The van der Waals surface area contributed by atoms with Gasteiger partial charge in [-0.05, 0) is 12.1 Å². The van der Waals surface area contributed by atoms with Crippen molar-refractivity contribution in [3.63, 3.8) is 0 Å². The van der Waals surface area contributed by atoms with Crippen LogP contribution in [0.2, 0.25) is 4.34 Å². The largest absolute Gasteiger partial charge is 0.340 e. The van der Waals surface area contributed by atoms with Crippen LogP contribution in [0.3, 0.4) is 0 Å². The van der Waals surface area contributed by atoms with Crippen molar-refractivity contribution in [3.8, 4) is 0 Å². The van der Waals surface area contributed by atoms with Crippen molar-refractivity contribution in [2.45, 2.75) is 20.0 Å². The van der Waals surface area contributed by atoms with Crippen LogP contribution in [0, 0.1) is 6.92 Å². The Morgan fingerprint density at radius 1 is 1.47 bits per heavy atom. The fourth-order valence-electron chi connectivity index (χ4n) is 1.16. The molecule has 2 aromatic rings. The van der Waals surface area contributed by atoms with Crippen molar-refractivity contribution in [2.75, 3.05) is 0 Å². The molecule has 2 aromatic heterocycles. The topological polar surface area (TPSA) is 51.0 Å². The molecule has 80 valence electrons. The Kier molecular flexibility index (Phi) is 3.35. The molecule has 2 heterocycles. The number of hydrogen-bond acceptors (Lipinski definition) is 5. The Morgan fingerprint density at radius 3 is 2.93 bits per heavy atom. The zero-order valence-corrected chi connectivity index (χ0v) is 9.73. The van der Waals surface area contributed by atoms with Crippen molar-refractivity contribution in [1.82, 2.24) is 15.5 Å². The fraction of sp³-hybridized carbons (Fsp3) is 0.333. The third-order valence-corrected chi connectivity index (χ3v) is 3.01. The molecule has 0 aliphatic rings. The highest BCUT2D eigenvalue weighted by Crippen LogP contribution is 2.20. The summed E-state index contributed by atoms with van der Waals surface area (Å²) in [6.45, 7) is 3.15. The lowest BCUT2D eigenvalue weighted by Gasteiger charge is -1.97. The fourth-order valence-corrected chi connectivity index (χ4v) is 2.21. The summed E-state index contributed by atoms with van der Waals surface area (Å²) in [4.78, 5) is 5.28. The van der Waals surface area contributed by atoms with Crippen LogP contribution in [0.1, 0.15) is 16.6 Å². The van der Waals surface area contributed by atoms with Crippen LogP contribution in [0.15, 0.2) is 16.7 Å². The molecule has 0 amide bonds. The van der Waals surface area contributed by atoms with Gasteiger partial charge in [0, 0.05) is 18.3 Å². The third kappa shape index (κ3) is 3.02. The standard InChI is InChI=1S/C9H10ClN3OS/c1-6-12-9(13-14-6)5-11-4-7-2-3-8(10)15-7/h2-3,11H,4-5H2,1H3. The first-order valence-corrected chi connectivity index (χ1v) is 5.67. The van der Waals surface area contributed by atoms with Crippen molar-refractivity contribution in [1.29, 1.82) is 0 Å². The molecular weight excluding hydrogens is 234 g/mol. The number of nitrogens with zero attached hydrogens (tertiary/aromatic N) is 2. The Bertz CT molecular complexity index is 400. The van der Waals surface area contributed by atoms with Gasteiger partial charge in [-0.15, -0.1) is 11.3 Å². The predicted octanol–water partition coefficient (Wildman–Crippen LogP) is 2.38. The van der Waals surface area contributed by atoms with Gasteiger partial charge in [0.15, 0.2) is 5.82 Å². The van der Waals surface area contributed by atoms with E-state index >= 15 is 0 Å². The molecule has 0 atom stereocenters. The number of aromatic nitrogens is 2. The lowest BCUT2D eigenvalue weighted by molar-refractivity contribution is 0.385. The maximum atomic E-state index is 5.81. The van der Waals surface area contributed by atoms with Gasteiger partial charge >= 0.3 is 0 Å². The van der Waals surface area contributed by atoms with E-state index in [9.17, 15) is 0 Å². The molecule has 0 fully saturated rings. The average Bonchev–Trinajstić information content (AvgIpc) is 2.76. The Morgan fingerprint density at radius 2 is 2.33 bits per heavy atom. The van der Waals surface area contributed by atoms with E-state index in [0.29, 0.717) is 18.3 Å². The smallest absolute Gasteiger partial charge is 0.223 e. The van der Waals surface area contributed by atoms with Crippen LogP contribution in [0.25, 0.3) is 0 Å². The summed E-state index contributed by atoms with van der Waals surface area (Å²) < 4.78 is 5.66. The first-order chi connectivity index (χ1) is 7.24. The van der Waals surface area contributed by atoms with Crippen LogP contribution >= 0.6 is 22.9 Å². The van der Waals surface area contributed by atoms with Gasteiger partial charge in [-0.1, -0.05) is 16.8 Å². The monoisotopic (exact) mass is 243 g/mol. The van der Waals surface area contributed by atoms with Crippen molar-refractivity contribution >= 4 is 22.9 Å². The number of hydrogen-bond donors (Lipinski definition) is 1. The lowest BCUT2D eigenvalue weighted by atomic mass is 10.4. The summed E-state index contributed by atoms with van der Waals surface area (Å²) >= 11 is 7.38. The maximum absolute atomic E-state index is 5.81. The highest BCUT2D eigenvalue weighted by Gasteiger charge is 2.02. The minimum absolute atomic E-state index is 0.589. The normalized spacial score (nSPS) is 10.8. The van der Waals surface area contributed by atoms with E-state index < -0.39 is 0 Å². The van der Waals surface area contributed by atoms with Crippen molar-refractivity contribution in [3.05, 3.63) is 33.1 Å². The molecular formula is C9H10ClN3OS. The molecule has 0 aliphatic heterocycles. The summed E-state index contributed by atoms with van der Waals surface area (Å²) in [7, 11) is 0. The lowest BCUT2D eigenvalue weighted by Crippen LogP contribution is -2.12. The number of aryl methyl sites for hydroxylation is 1. The zero-order valence-electron chi connectivity index (χ0n) is 8.16. The number of rotatable bonds is 4. The van der Waals surface area contributed by atoms with E-state index in [1.165, 1.54) is 4.88 Å². The van der Waals surface area contributed by atoms with Gasteiger partial charge in [0.2, 0.25) is 5.89 Å². The van der Waals surface area contributed by atoms with E-state index in [1.54, 1.807) is 18.3 Å². The molecule has 0 aromatic carbocycles. The van der Waals surface area contributed by atoms with Crippen LogP contribution in [0.4, 0.5) is 0 Å². The molecule has 0 aliphatic carbocycles. The van der Waals surface area contributed by atoms with Gasteiger partial charge in [0.05, 0.1) is 10.9 Å². The highest BCUT2D eigenvalue weighted by molar-refractivity contribution is 7.16. The number of thiophene rings is 1. The highest BCUT2D eigenvalue weighted by atomic mass is 35.5. The summed E-state index contributed by atoms with van der Waals surface area (Å²) in [5, 5.41) is 6.99. The van der Waals surface area contributed by atoms with Crippen LogP contribution in [0.5, 0.6) is 0 Å². The van der Waals surface area contributed by atoms with Gasteiger partial charge in [-0.25, -0.2) is 0 Å². The molecule has 0 saturated carbocycles. The second-order valence-corrected chi connectivity index (χ2v) is 4.84. The quantitative estimate of drug-likeness (QED) is 0.896. The molecule has 0 bridgehead atoms. The van der Waals surface area contributed by atoms with E-state index in [0.717, 1.165) is 10.9 Å². The summed E-state index contributed by atoms with van der Waals surface area (Å²) in [6, 6.07) is 3.89. The van der Waals surface area contributed by atoms with E-state index in [2.05, 4.69) is 15.5 Å². The molecule has 15 heavy (non-hydrogen) atoms. The predicted molar refractivity (Wildman–Crippen MR) is 58.9 cm³/mol. The SMILES string of the molecule is Cc1nc(CNCc2ccc(Cl)s2)no1. The minimum Gasteiger partial charge on any atom is -0.340 e. The number of nitrogens with one attached hydrogen (secondary N) is 1. The number of halogens is 1. The van der Waals surface area contributed by atoms with Crippen LogP contribution in [-0.2, 0) is 13.1 Å². The second-order valence-electron chi connectivity index (χ2n) is 3.04. The van der Waals surface area contributed by atoms with Gasteiger partial charge in [-0.3, -0.25) is 0 Å². The average molecular weight is 244 g/mol. The molecule has 2 rings (SSSR count). The first-order valence-electron chi connectivity index (χ1n) is 4.48. The Hall–Kier alpha value is -0.910.